The summed E-state index contributed by atoms with van der Waals surface area (Å²) in [6, 6.07) is 7.64. The molecule has 0 amide bonds. The summed E-state index contributed by atoms with van der Waals surface area (Å²) in [5.41, 5.74) is 0.912. The number of alkyl halides is 1. The normalized spacial score (nSPS) is 11.8. The van der Waals surface area contributed by atoms with Crippen LogP contribution in [0.1, 0.15) is 10.4 Å². The molecule has 1 rings (SSSR count). The zero-order valence-corrected chi connectivity index (χ0v) is 10.1. The van der Waals surface area contributed by atoms with E-state index in [2.05, 4.69) is 37.9 Å². The minimum atomic E-state index is -0.269. The first-order valence-electron chi connectivity index (χ1n) is 3.56. The number of rotatable bonds is 2. The Labute approximate surface area is 93.8 Å². The van der Waals surface area contributed by atoms with Gasteiger partial charge in [0, 0.05) is 0 Å². The molecule has 0 saturated carbocycles. The molecule has 0 radical (unpaired) electrons. The second-order valence-electron chi connectivity index (χ2n) is 2.39. The second-order valence-corrected chi connectivity index (χ2v) is 4.16. The van der Waals surface area contributed by atoms with Gasteiger partial charge in [0.25, 0.3) is 0 Å². The van der Waals surface area contributed by atoms with E-state index in [-0.39, 0.29) is 4.83 Å². The van der Waals surface area contributed by atoms with Crippen molar-refractivity contribution in [3.05, 3.63) is 28.2 Å². The van der Waals surface area contributed by atoms with Gasteiger partial charge in [0.1, 0.15) is 10.6 Å². The maximum absolute atomic E-state index is 8.66. The minimum absolute atomic E-state index is 0.269. The van der Waals surface area contributed by atoms with Gasteiger partial charge in [0.15, 0.2) is 0 Å². The number of hydrogen-bond acceptors (Lipinski definition) is 2. The summed E-state index contributed by atoms with van der Waals surface area (Å²) in [6.07, 6.45) is 0. The highest BCUT2D eigenvalue weighted by Gasteiger charge is 2.08. The molecule has 0 N–H and O–H groups in total. The van der Waals surface area contributed by atoms with Gasteiger partial charge in [-0.25, -0.2) is 0 Å². The van der Waals surface area contributed by atoms with E-state index in [1.165, 1.54) is 0 Å². The number of halogens is 2. The molecule has 2 nitrogen and oxygen atoms in total. The molecule has 0 aliphatic carbocycles. The molecular formula is C9H7Br2NO. The molecule has 0 heterocycles. The Hall–Kier alpha value is -0.530. The van der Waals surface area contributed by atoms with E-state index >= 15 is 0 Å². The van der Waals surface area contributed by atoms with Gasteiger partial charge in [-0.3, -0.25) is 0 Å². The van der Waals surface area contributed by atoms with Crippen molar-refractivity contribution in [2.45, 2.75) is 4.83 Å². The largest absolute Gasteiger partial charge is 0.496 e. The zero-order valence-electron chi connectivity index (χ0n) is 6.92. The molecule has 0 bridgehead atoms. The van der Waals surface area contributed by atoms with Gasteiger partial charge in [-0.15, -0.1) is 0 Å². The highest BCUT2D eigenvalue weighted by molar-refractivity contribution is 9.10. The fourth-order valence-corrected chi connectivity index (χ4v) is 1.76. The summed E-state index contributed by atoms with van der Waals surface area (Å²) in [5.74, 6) is 0.765. The summed E-state index contributed by atoms with van der Waals surface area (Å²) in [5, 5.41) is 8.66. The molecule has 0 aliphatic heterocycles. The average molecular weight is 305 g/mol. The molecule has 0 aliphatic rings. The Balaban J connectivity index is 3.04. The van der Waals surface area contributed by atoms with Gasteiger partial charge in [0.2, 0.25) is 0 Å². The Morgan fingerprint density at radius 3 is 2.69 bits per heavy atom. The van der Waals surface area contributed by atoms with Crippen molar-refractivity contribution < 1.29 is 4.74 Å². The minimum Gasteiger partial charge on any atom is -0.496 e. The van der Waals surface area contributed by atoms with Crippen molar-refractivity contribution in [3.63, 3.8) is 0 Å². The lowest BCUT2D eigenvalue weighted by atomic mass is 10.2. The summed E-state index contributed by atoms with van der Waals surface area (Å²) in [7, 11) is 1.61. The van der Waals surface area contributed by atoms with Crippen molar-refractivity contribution in [1.29, 1.82) is 5.26 Å². The first kappa shape index (κ1) is 10.6. The van der Waals surface area contributed by atoms with Crippen LogP contribution in [0.2, 0.25) is 0 Å². The van der Waals surface area contributed by atoms with Crippen molar-refractivity contribution in [3.8, 4) is 11.8 Å². The molecule has 1 unspecified atom stereocenters. The predicted octanol–water partition coefficient (Wildman–Crippen LogP) is 3.42. The number of ether oxygens (including phenoxy) is 1. The van der Waals surface area contributed by atoms with E-state index in [4.69, 9.17) is 10.00 Å². The van der Waals surface area contributed by atoms with Crippen LogP contribution in [0, 0.1) is 11.3 Å². The summed E-state index contributed by atoms with van der Waals surface area (Å²) < 4.78 is 5.92. The first-order chi connectivity index (χ1) is 6.19. The van der Waals surface area contributed by atoms with Crippen LogP contribution in [0.15, 0.2) is 22.7 Å². The van der Waals surface area contributed by atoms with Crippen LogP contribution in [0.25, 0.3) is 0 Å². The lowest BCUT2D eigenvalue weighted by molar-refractivity contribution is 0.412. The topological polar surface area (TPSA) is 33.0 Å². The molecular weight excluding hydrogens is 298 g/mol. The predicted molar refractivity (Wildman–Crippen MR) is 58.0 cm³/mol. The number of benzene rings is 1. The molecule has 68 valence electrons. The highest BCUT2D eigenvalue weighted by Crippen LogP contribution is 2.30. The number of nitrogens with zero attached hydrogens (tertiary/aromatic N) is 1. The summed E-state index contributed by atoms with van der Waals surface area (Å²) in [4.78, 5) is -0.269. The Bertz CT molecular complexity index is 346. The van der Waals surface area contributed by atoms with Crippen LogP contribution in [-0.4, -0.2) is 7.11 Å². The van der Waals surface area contributed by atoms with Gasteiger partial charge in [-0.1, -0.05) is 22.0 Å². The van der Waals surface area contributed by atoms with E-state index < -0.39 is 0 Å². The van der Waals surface area contributed by atoms with Gasteiger partial charge in [0.05, 0.1) is 17.7 Å². The van der Waals surface area contributed by atoms with Crippen molar-refractivity contribution in [2.75, 3.05) is 7.11 Å². The lowest BCUT2D eigenvalue weighted by Crippen LogP contribution is -1.89. The van der Waals surface area contributed by atoms with E-state index in [1.807, 2.05) is 18.2 Å². The highest BCUT2D eigenvalue weighted by atomic mass is 79.9. The Morgan fingerprint density at radius 2 is 2.23 bits per heavy atom. The quantitative estimate of drug-likeness (QED) is 0.784. The SMILES string of the molecule is COc1ccc(C(Br)C#N)cc1Br. The number of methoxy groups -OCH3 is 1. The molecule has 0 spiro atoms. The first-order valence-corrected chi connectivity index (χ1v) is 5.27. The molecule has 0 aromatic heterocycles. The van der Waals surface area contributed by atoms with Crippen LogP contribution >= 0.6 is 31.9 Å². The van der Waals surface area contributed by atoms with Gasteiger partial charge >= 0.3 is 0 Å². The lowest BCUT2D eigenvalue weighted by Gasteiger charge is -2.06. The van der Waals surface area contributed by atoms with Gasteiger partial charge in [-0.2, -0.15) is 5.26 Å². The van der Waals surface area contributed by atoms with Gasteiger partial charge < -0.3 is 4.74 Å². The summed E-state index contributed by atoms with van der Waals surface area (Å²) in [6.45, 7) is 0. The third kappa shape index (κ3) is 2.45. The summed E-state index contributed by atoms with van der Waals surface area (Å²) >= 11 is 6.59. The molecule has 0 fully saturated rings. The second kappa shape index (κ2) is 4.64. The van der Waals surface area contributed by atoms with Crippen molar-refractivity contribution in [1.82, 2.24) is 0 Å². The van der Waals surface area contributed by atoms with Gasteiger partial charge in [-0.05, 0) is 33.6 Å². The zero-order chi connectivity index (χ0) is 9.84. The van der Waals surface area contributed by atoms with Crippen LogP contribution in [-0.2, 0) is 0 Å². The van der Waals surface area contributed by atoms with Crippen LogP contribution < -0.4 is 4.74 Å². The van der Waals surface area contributed by atoms with Crippen LogP contribution in [0.5, 0.6) is 5.75 Å². The van der Waals surface area contributed by atoms with E-state index in [0.717, 1.165) is 15.8 Å². The number of hydrogen-bond donors (Lipinski definition) is 0. The maximum Gasteiger partial charge on any atom is 0.133 e. The van der Waals surface area contributed by atoms with Crippen LogP contribution in [0.3, 0.4) is 0 Å². The molecule has 0 saturated heterocycles. The fourth-order valence-electron chi connectivity index (χ4n) is 0.915. The monoisotopic (exact) mass is 303 g/mol. The fraction of sp³-hybridized carbons (Fsp3) is 0.222. The van der Waals surface area contributed by atoms with Crippen LogP contribution in [0.4, 0.5) is 0 Å². The van der Waals surface area contributed by atoms with E-state index in [0.29, 0.717) is 0 Å². The molecule has 4 heteroatoms. The van der Waals surface area contributed by atoms with E-state index in [9.17, 15) is 0 Å². The molecule has 13 heavy (non-hydrogen) atoms. The average Bonchev–Trinajstić information content (AvgIpc) is 2.16. The third-order valence-electron chi connectivity index (χ3n) is 1.58. The van der Waals surface area contributed by atoms with Crippen molar-refractivity contribution in [2.24, 2.45) is 0 Å². The standard InChI is InChI=1S/C9H7Br2NO/c1-13-9-3-2-6(4-7(9)10)8(11)5-12/h2-4,8H,1H3. The maximum atomic E-state index is 8.66. The third-order valence-corrected chi connectivity index (χ3v) is 2.93. The molecule has 1 aromatic rings. The Kier molecular flexibility index (Phi) is 3.76. The van der Waals surface area contributed by atoms with Crippen molar-refractivity contribution >= 4 is 31.9 Å². The Morgan fingerprint density at radius 1 is 1.54 bits per heavy atom. The number of nitriles is 1. The molecule has 1 atom stereocenters. The van der Waals surface area contributed by atoms with E-state index in [1.54, 1.807) is 7.11 Å². The smallest absolute Gasteiger partial charge is 0.133 e. The molecule has 1 aromatic carbocycles.